The highest BCUT2D eigenvalue weighted by atomic mass is 27.2. The third-order valence-electron chi connectivity index (χ3n) is 3.34. The Kier molecular flexibility index (Phi) is 11.4. The van der Waals surface area contributed by atoms with Gasteiger partial charge in [0.2, 0.25) is 6.58 Å². The predicted molar refractivity (Wildman–Crippen MR) is 81.8 cm³/mol. The van der Waals surface area contributed by atoms with Gasteiger partial charge in [-0.05, 0) is 6.42 Å². The van der Waals surface area contributed by atoms with Crippen LogP contribution < -0.4 is 0 Å². The molecule has 0 aromatic heterocycles. The molecule has 0 bridgehead atoms. The maximum Gasteiger partial charge on any atom is 0.262 e. The Labute approximate surface area is 114 Å². The van der Waals surface area contributed by atoms with Crippen LogP contribution >= 0.6 is 0 Å². The van der Waals surface area contributed by atoms with Crippen LogP contribution in [0.25, 0.3) is 0 Å². The van der Waals surface area contributed by atoms with E-state index in [-0.39, 0.29) is 0 Å². The van der Waals surface area contributed by atoms with Gasteiger partial charge in [0.15, 0.2) is 6.08 Å². The van der Waals surface area contributed by atoms with E-state index in [0.29, 0.717) is 0 Å². The molecule has 0 aliphatic carbocycles. The molecule has 98 valence electrons. The van der Waals surface area contributed by atoms with Crippen LogP contribution in [-0.4, -0.2) is 14.1 Å². The zero-order valence-corrected chi connectivity index (χ0v) is 13.7. The summed E-state index contributed by atoms with van der Waals surface area (Å²) < 4.78 is 0. The minimum Gasteiger partial charge on any atom is -0.0938 e. The number of hydrogen-bond donors (Lipinski definition) is 0. The predicted octanol–water partition coefficient (Wildman–Crippen LogP) is 5.73. The van der Waals surface area contributed by atoms with E-state index in [2.05, 4.69) is 27.7 Å². The van der Waals surface area contributed by atoms with Crippen LogP contribution in [0.3, 0.4) is 0 Å². The first kappa shape index (κ1) is 17.2. The lowest BCUT2D eigenvalue weighted by Crippen LogP contribution is -2.17. The van der Waals surface area contributed by atoms with Crippen LogP contribution in [0.5, 0.6) is 0 Å². The molecule has 0 saturated carbocycles. The Balaban J connectivity index is 3.64. The van der Waals surface area contributed by atoms with Crippen molar-refractivity contribution in [1.82, 2.24) is 0 Å². The van der Waals surface area contributed by atoms with E-state index < -0.39 is 14.1 Å². The van der Waals surface area contributed by atoms with Crippen LogP contribution in [-0.2, 0) is 0 Å². The first-order valence-electron chi connectivity index (χ1n) is 7.59. The number of unbranched alkanes of at least 4 members (excludes halogenated alkanes) is 4. The zero-order chi connectivity index (χ0) is 13.1. The maximum atomic E-state index is 5.38. The Morgan fingerprint density at radius 1 is 0.882 bits per heavy atom. The fourth-order valence-corrected chi connectivity index (χ4v) is 6.91. The monoisotopic (exact) mass is 251 g/mol. The van der Waals surface area contributed by atoms with Crippen molar-refractivity contribution in [2.75, 3.05) is 0 Å². The average Bonchev–Trinajstić information content (AvgIpc) is 2.21. The topological polar surface area (TPSA) is 0 Å². The van der Waals surface area contributed by atoms with Crippen molar-refractivity contribution < 1.29 is 0 Å². The molecule has 0 aromatic carbocycles. The maximum absolute atomic E-state index is 5.38. The molecule has 0 aromatic rings. The minimum absolute atomic E-state index is 0.441. The minimum atomic E-state index is -0.441. The number of hydrogen-bond acceptors (Lipinski definition) is 0. The lowest BCUT2D eigenvalue weighted by molar-refractivity contribution is 0.654. The molecule has 17 heavy (non-hydrogen) atoms. The number of allylic oxidation sites excluding steroid dienone is 1. The van der Waals surface area contributed by atoms with Gasteiger partial charge in [0.1, 0.15) is 0 Å². The molecule has 0 aliphatic rings. The average molecular weight is 251 g/mol. The second kappa shape index (κ2) is 11.3. The highest BCUT2D eigenvalue weighted by Gasteiger charge is 2.18. The highest BCUT2D eigenvalue weighted by Crippen LogP contribution is 2.20. The highest BCUT2D eigenvalue weighted by molar-refractivity contribution is 6.58. The van der Waals surface area contributed by atoms with Crippen molar-refractivity contribution in [3.8, 4) is 0 Å². The zero-order valence-electron chi connectivity index (χ0n) is 12.5. The van der Waals surface area contributed by atoms with E-state index in [1.54, 1.807) is 21.9 Å². The van der Waals surface area contributed by atoms with E-state index in [9.17, 15) is 0 Å². The van der Waals surface area contributed by atoms with E-state index in [1.165, 1.54) is 25.7 Å². The fourth-order valence-electron chi connectivity index (χ4n) is 2.71. The van der Waals surface area contributed by atoms with Crippen LogP contribution in [0, 0.1) is 18.4 Å². The third-order valence-corrected chi connectivity index (χ3v) is 7.79. The number of rotatable bonds is 11. The summed E-state index contributed by atoms with van der Waals surface area (Å²) in [4.78, 5) is 0. The molecule has 0 saturated heterocycles. The van der Waals surface area contributed by atoms with Gasteiger partial charge < -0.3 is 0 Å². The summed E-state index contributed by atoms with van der Waals surface area (Å²) in [5.74, 6) is 1.83. The van der Waals surface area contributed by atoms with Crippen LogP contribution in [0.4, 0.5) is 0 Å². The first-order valence-corrected chi connectivity index (χ1v) is 10.0. The van der Waals surface area contributed by atoms with E-state index in [1.807, 2.05) is 0 Å². The lowest BCUT2D eigenvalue weighted by atomic mass is 10.1. The second-order valence-electron chi connectivity index (χ2n) is 6.35. The second-order valence-corrected chi connectivity index (χ2v) is 9.60. The van der Waals surface area contributed by atoms with Gasteiger partial charge in [-0.3, -0.25) is 0 Å². The van der Waals surface area contributed by atoms with Gasteiger partial charge in [0, 0.05) is 6.42 Å². The van der Waals surface area contributed by atoms with Gasteiger partial charge in [-0.2, -0.15) is 0 Å². The lowest BCUT2D eigenvalue weighted by Gasteiger charge is -2.16. The Morgan fingerprint density at radius 2 is 1.41 bits per heavy atom. The molecule has 1 heteroatoms. The molecule has 0 nitrogen and oxygen atoms in total. The summed E-state index contributed by atoms with van der Waals surface area (Å²) >= 11 is -0.441. The third kappa shape index (κ3) is 12.4. The van der Waals surface area contributed by atoms with Gasteiger partial charge in [-0.1, -0.05) is 74.6 Å². The van der Waals surface area contributed by atoms with E-state index in [4.69, 9.17) is 6.58 Å². The van der Waals surface area contributed by atoms with Gasteiger partial charge >= 0.3 is 0 Å². The molecular formula is C16H32Al+. The van der Waals surface area contributed by atoms with Gasteiger partial charge in [0.05, 0.1) is 0 Å². The van der Waals surface area contributed by atoms with Gasteiger partial charge in [0.25, 0.3) is 14.1 Å². The van der Waals surface area contributed by atoms with E-state index >= 15 is 0 Å². The molecular weight excluding hydrogens is 219 g/mol. The van der Waals surface area contributed by atoms with Gasteiger partial charge in [-0.15, -0.1) is 0 Å². The Hall–Kier alpha value is 0.182. The molecule has 0 N–H and O–H groups in total. The molecule has 0 fully saturated rings. The van der Waals surface area contributed by atoms with Crippen molar-refractivity contribution in [1.29, 1.82) is 0 Å². The Bertz CT molecular complexity index is 162. The summed E-state index contributed by atoms with van der Waals surface area (Å²) in [6.07, 6.45) is 8.46. The first-order chi connectivity index (χ1) is 8.06. The smallest absolute Gasteiger partial charge is 0.0938 e. The molecule has 0 rings (SSSR count). The molecule has 0 spiro atoms. The van der Waals surface area contributed by atoms with Crippen molar-refractivity contribution in [3.05, 3.63) is 12.7 Å². The van der Waals surface area contributed by atoms with Crippen LogP contribution in [0.2, 0.25) is 15.8 Å². The summed E-state index contributed by atoms with van der Waals surface area (Å²) in [6, 6.07) is 0. The summed E-state index contributed by atoms with van der Waals surface area (Å²) in [6.45, 7) is 14.9. The van der Waals surface area contributed by atoms with Crippen molar-refractivity contribution in [2.24, 2.45) is 11.8 Å². The largest absolute Gasteiger partial charge is 0.262 e. The standard InChI is InChI=1S/C8H14.2C4H9.Al/c1-3-5-7-8-6-4-2;2*1-4(2)3;/h1,3H,2,4-8H2;2*4H,1H2,2-3H3;/q+1;;;. The normalized spacial score (nSPS) is 11.1. The van der Waals surface area contributed by atoms with E-state index in [0.717, 1.165) is 18.3 Å². The fraction of sp³-hybridized carbons (Fsp3) is 0.875. The molecule has 0 heterocycles. The molecule has 0 aliphatic heterocycles. The van der Waals surface area contributed by atoms with Crippen molar-refractivity contribution in [3.63, 3.8) is 0 Å². The molecule has 0 amide bonds. The quantitative estimate of drug-likeness (QED) is 0.250. The molecule has 0 radical (unpaired) electrons. The summed E-state index contributed by atoms with van der Waals surface area (Å²) in [7, 11) is 0. The van der Waals surface area contributed by atoms with Crippen LogP contribution in [0.1, 0.15) is 59.8 Å². The SMILES string of the molecule is [CH+]=CCCCCC[CH2][Al]([CH2]C(C)C)[CH2]C(C)C. The van der Waals surface area contributed by atoms with Crippen molar-refractivity contribution >= 4 is 14.1 Å². The molecule has 0 unspecified atom stereocenters. The van der Waals surface area contributed by atoms with Crippen LogP contribution in [0.15, 0.2) is 6.08 Å². The summed E-state index contributed by atoms with van der Waals surface area (Å²) in [5.41, 5.74) is 0. The van der Waals surface area contributed by atoms with Crippen molar-refractivity contribution in [2.45, 2.75) is 75.6 Å². The Morgan fingerprint density at radius 3 is 1.88 bits per heavy atom. The summed E-state index contributed by atoms with van der Waals surface area (Å²) in [5, 5.41) is 4.67. The van der Waals surface area contributed by atoms with Gasteiger partial charge in [-0.25, -0.2) is 0 Å². The molecule has 0 atom stereocenters.